The summed E-state index contributed by atoms with van der Waals surface area (Å²) in [6, 6.07) is 5.16. The standard InChI is InChI=1S/C11H12BrClO2/c1-7(2)15-11(14)8-3-4-9(6-12)10(13)5-8/h3-5,7H,6H2,1-2H3. The molecule has 0 aliphatic heterocycles. The molecule has 4 heteroatoms. The summed E-state index contributed by atoms with van der Waals surface area (Å²) in [7, 11) is 0. The first-order chi connectivity index (χ1) is 7.04. The third-order valence-corrected chi connectivity index (χ3v) is 2.73. The normalized spacial score (nSPS) is 10.5. The Kier molecular flexibility index (Phi) is 4.61. The van der Waals surface area contributed by atoms with Crippen LogP contribution in [0.15, 0.2) is 18.2 Å². The van der Waals surface area contributed by atoms with Crippen LogP contribution in [0, 0.1) is 0 Å². The van der Waals surface area contributed by atoms with E-state index < -0.39 is 0 Å². The Balaban J connectivity index is 2.87. The maximum absolute atomic E-state index is 11.5. The Hall–Kier alpha value is -0.540. The summed E-state index contributed by atoms with van der Waals surface area (Å²) in [5.41, 5.74) is 1.44. The lowest BCUT2D eigenvalue weighted by atomic mass is 10.1. The molecule has 0 saturated carbocycles. The molecule has 0 saturated heterocycles. The first kappa shape index (κ1) is 12.5. The van der Waals surface area contributed by atoms with Crippen molar-refractivity contribution in [3.05, 3.63) is 34.3 Å². The van der Waals surface area contributed by atoms with E-state index in [9.17, 15) is 4.79 Å². The highest BCUT2D eigenvalue weighted by atomic mass is 79.9. The summed E-state index contributed by atoms with van der Waals surface area (Å²) < 4.78 is 5.06. The topological polar surface area (TPSA) is 26.3 Å². The van der Waals surface area contributed by atoms with Crippen molar-refractivity contribution in [2.24, 2.45) is 0 Å². The van der Waals surface area contributed by atoms with Crippen LogP contribution < -0.4 is 0 Å². The monoisotopic (exact) mass is 290 g/mol. The molecular formula is C11H12BrClO2. The van der Waals surface area contributed by atoms with Crippen molar-refractivity contribution < 1.29 is 9.53 Å². The van der Waals surface area contributed by atoms with Crippen LogP contribution in [0.4, 0.5) is 0 Å². The van der Waals surface area contributed by atoms with Gasteiger partial charge in [-0.3, -0.25) is 0 Å². The van der Waals surface area contributed by atoms with Crippen LogP contribution in [-0.2, 0) is 10.1 Å². The fourth-order valence-electron chi connectivity index (χ4n) is 1.06. The van der Waals surface area contributed by atoms with E-state index in [-0.39, 0.29) is 12.1 Å². The third-order valence-electron chi connectivity index (χ3n) is 1.78. The van der Waals surface area contributed by atoms with E-state index in [4.69, 9.17) is 16.3 Å². The number of carbonyl (C=O) groups is 1. The highest BCUT2D eigenvalue weighted by Gasteiger charge is 2.10. The van der Waals surface area contributed by atoms with Gasteiger partial charge in [0.05, 0.1) is 11.7 Å². The second kappa shape index (κ2) is 5.52. The van der Waals surface area contributed by atoms with Gasteiger partial charge in [-0.05, 0) is 31.5 Å². The maximum atomic E-state index is 11.5. The second-order valence-electron chi connectivity index (χ2n) is 3.39. The van der Waals surface area contributed by atoms with E-state index >= 15 is 0 Å². The molecular weight excluding hydrogens is 279 g/mol. The lowest BCUT2D eigenvalue weighted by molar-refractivity contribution is 0.0378. The van der Waals surface area contributed by atoms with Crippen LogP contribution in [0.2, 0.25) is 5.02 Å². The molecule has 0 aromatic heterocycles. The second-order valence-corrected chi connectivity index (χ2v) is 4.36. The van der Waals surface area contributed by atoms with Crippen molar-refractivity contribution in [1.82, 2.24) is 0 Å². The van der Waals surface area contributed by atoms with Crippen LogP contribution in [0.1, 0.15) is 29.8 Å². The van der Waals surface area contributed by atoms with Gasteiger partial charge in [0.1, 0.15) is 0 Å². The number of benzene rings is 1. The highest BCUT2D eigenvalue weighted by molar-refractivity contribution is 9.08. The van der Waals surface area contributed by atoms with Gasteiger partial charge < -0.3 is 4.74 Å². The van der Waals surface area contributed by atoms with E-state index in [1.165, 1.54) is 0 Å². The maximum Gasteiger partial charge on any atom is 0.338 e. The average molecular weight is 292 g/mol. The number of esters is 1. The largest absolute Gasteiger partial charge is 0.459 e. The minimum Gasteiger partial charge on any atom is -0.459 e. The van der Waals surface area contributed by atoms with Gasteiger partial charge >= 0.3 is 5.97 Å². The average Bonchev–Trinajstić information content (AvgIpc) is 2.16. The Bertz CT molecular complexity index is 364. The molecule has 0 aliphatic rings. The summed E-state index contributed by atoms with van der Waals surface area (Å²) in [5.74, 6) is -0.340. The Morgan fingerprint density at radius 2 is 2.20 bits per heavy atom. The zero-order chi connectivity index (χ0) is 11.4. The zero-order valence-electron chi connectivity index (χ0n) is 8.59. The van der Waals surface area contributed by atoms with E-state index in [0.29, 0.717) is 15.9 Å². The molecule has 2 nitrogen and oxygen atoms in total. The number of rotatable bonds is 3. The molecule has 0 spiro atoms. The van der Waals surface area contributed by atoms with E-state index in [0.717, 1.165) is 5.56 Å². The van der Waals surface area contributed by atoms with E-state index in [1.807, 2.05) is 19.9 Å². The zero-order valence-corrected chi connectivity index (χ0v) is 10.9. The summed E-state index contributed by atoms with van der Waals surface area (Å²) in [5, 5.41) is 1.25. The Morgan fingerprint density at radius 3 is 2.67 bits per heavy atom. The predicted octanol–water partition coefficient (Wildman–Crippen LogP) is 3.80. The van der Waals surface area contributed by atoms with Crippen molar-refractivity contribution in [2.45, 2.75) is 25.3 Å². The molecule has 1 aromatic carbocycles. The van der Waals surface area contributed by atoms with Crippen molar-refractivity contribution in [3.8, 4) is 0 Å². The van der Waals surface area contributed by atoms with Gasteiger partial charge in [-0.2, -0.15) is 0 Å². The smallest absolute Gasteiger partial charge is 0.338 e. The molecule has 0 amide bonds. The van der Waals surface area contributed by atoms with Crippen molar-refractivity contribution in [1.29, 1.82) is 0 Å². The molecule has 0 radical (unpaired) electrons. The number of halogens is 2. The lowest BCUT2D eigenvalue weighted by Gasteiger charge is -2.08. The summed E-state index contributed by atoms with van der Waals surface area (Å²) in [6.45, 7) is 3.62. The summed E-state index contributed by atoms with van der Waals surface area (Å²) in [4.78, 5) is 11.5. The molecule has 0 heterocycles. The predicted molar refractivity (Wildman–Crippen MR) is 64.6 cm³/mol. The first-order valence-corrected chi connectivity index (χ1v) is 6.10. The molecule has 1 aromatic rings. The van der Waals surface area contributed by atoms with Crippen LogP contribution in [0.25, 0.3) is 0 Å². The fourth-order valence-corrected chi connectivity index (χ4v) is 1.96. The minimum atomic E-state index is -0.340. The molecule has 0 fully saturated rings. The van der Waals surface area contributed by atoms with Gasteiger partial charge in [0.25, 0.3) is 0 Å². The molecule has 0 aliphatic carbocycles. The quantitative estimate of drug-likeness (QED) is 0.625. The molecule has 82 valence electrons. The molecule has 0 unspecified atom stereocenters. The highest BCUT2D eigenvalue weighted by Crippen LogP contribution is 2.20. The van der Waals surface area contributed by atoms with Crippen molar-refractivity contribution >= 4 is 33.5 Å². The number of ether oxygens (including phenoxy) is 1. The van der Waals surface area contributed by atoms with Gasteiger partial charge in [-0.15, -0.1) is 0 Å². The van der Waals surface area contributed by atoms with Gasteiger partial charge in [0.2, 0.25) is 0 Å². The number of carbonyl (C=O) groups excluding carboxylic acids is 1. The SMILES string of the molecule is CC(C)OC(=O)c1ccc(CBr)c(Cl)c1. The van der Waals surface area contributed by atoms with Gasteiger partial charge in [0.15, 0.2) is 0 Å². The van der Waals surface area contributed by atoms with Crippen molar-refractivity contribution in [2.75, 3.05) is 0 Å². The minimum absolute atomic E-state index is 0.118. The van der Waals surface area contributed by atoms with Gasteiger partial charge in [-0.25, -0.2) is 4.79 Å². The number of hydrogen-bond donors (Lipinski definition) is 0. The molecule has 0 atom stereocenters. The number of hydrogen-bond acceptors (Lipinski definition) is 2. The Labute approximate surface area is 103 Å². The first-order valence-electron chi connectivity index (χ1n) is 4.60. The van der Waals surface area contributed by atoms with Crippen LogP contribution in [0.3, 0.4) is 0 Å². The van der Waals surface area contributed by atoms with Crippen LogP contribution in [0.5, 0.6) is 0 Å². The van der Waals surface area contributed by atoms with Gasteiger partial charge in [-0.1, -0.05) is 33.6 Å². The van der Waals surface area contributed by atoms with E-state index in [2.05, 4.69) is 15.9 Å². The fraction of sp³-hybridized carbons (Fsp3) is 0.364. The van der Waals surface area contributed by atoms with Crippen LogP contribution in [-0.4, -0.2) is 12.1 Å². The molecule has 0 bridgehead atoms. The molecule has 15 heavy (non-hydrogen) atoms. The number of alkyl halides is 1. The molecule has 0 N–H and O–H groups in total. The van der Waals surface area contributed by atoms with Crippen LogP contribution >= 0.6 is 27.5 Å². The lowest BCUT2D eigenvalue weighted by Crippen LogP contribution is -2.11. The van der Waals surface area contributed by atoms with E-state index in [1.54, 1.807) is 12.1 Å². The van der Waals surface area contributed by atoms with Gasteiger partial charge in [0, 0.05) is 10.4 Å². The molecule has 1 rings (SSSR count). The third kappa shape index (κ3) is 3.50. The van der Waals surface area contributed by atoms with Crippen molar-refractivity contribution in [3.63, 3.8) is 0 Å². The summed E-state index contributed by atoms with van der Waals surface area (Å²) >= 11 is 9.28. The summed E-state index contributed by atoms with van der Waals surface area (Å²) in [6.07, 6.45) is -0.118. The Morgan fingerprint density at radius 1 is 1.53 bits per heavy atom.